The number of aliphatic hydroxyl groups excluding tert-OH is 3. The van der Waals surface area contributed by atoms with Crippen molar-refractivity contribution in [3.63, 3.8) is 0 Å². The molecule has 0 saturated heterocycles. The quantitative estimate of drug-likeness (QED) is 0.277. The molecule has 2 aliphatic rings. The summed E-state index contributed by atoms with van der Waals surface area (Å²) in [6, 6.07) is 2.81. The van der Waals surface area contributed by atoms with Crippen molar-refractivity contribution >= 4 is 34.4 Å². The number of carbonyl (C=O) groups excluding carboxylic acids is 2. The van der Waals surface area contributed by atoms with Crippen molar-refractivity contribution in [3.05, 3.63) is 32.9 Å². The molecule has 4 N–H and O–H groups in total. The minimum Gasteiger partial charge on any atom is -0.493 e. The van der Waals surface area contributed by atoms with Gasteiger partial charge in [0.05, 0.1) is 29.9 Å². The van der Waals surface area contributed by atoms with Crippen molar-refractivity contribution in [1.82, 2.24) is 10.2 Å². The molecule has 0 bridgehead atoms. The maximum Gasteiger partial charge on any atom is 0.247 e. The van der Waals surface area contributed by atoms with Crippen LogP contribution in [0.4, 0.5) is 0 Å². The lowest BCUT2D eigenvalue weighted by Gasteiger charge is -2.45. The number of rotatable bonds is 11. The van der Waals surface area contributed by atoms with E-state index in [0.717, 1.165) is 32.1 Å². The number of halogens is 1. The first-order chi connectivity index (χ1) is 17.8. The van der Waals surface area contributed by atoms with Crippen LogP contribution in [0.5, 0.6) is 11.5 Å². The summed E-state index contributed by atoms with van der Waals surface area (Å²) >= 11 is 2.08. The van der Waals surface area contributed by atoms with Gasteiger partial charge >= 0.3 is 0 Å². The molecule has 1 saturated carbocycles. The van der Waals surface area contributed by atoms with Crippen LogP contribution in [0, 0.1) is 3.57 Å². The van der Waals surface area contributed by atoms with E-state index in [0.29, 0.717) is 39.0 Å². The summed E-state index contributed by atoms with van der Waals surface area (Å²) < 4.78 is 12.5. The maximum absolute atomic E-state index is 13.4. The Hall–Kier alpha value is -1.89. The SMILES string of the molecule is CCCC(=O)N(C1CCCCC1)[C@@H]1CC(C(=O)NCCO)=C[C@H](Oc2c(I)cc(CO)cc2OC)[C@H]1O. The second kappa shape index (κ2) is 14.3. The fourth-order valence-corrected chi connectivity index (χ4v) is 6.02. The van der Waals surface area contributed by atoms with E-state index in [4.69, 9.17) is 9.47 Å². The van der Waals surface area contributed by atoms with Crippen LogP contribution in [0.3, 0.4) is 0 Å². The lowest BCUT2D eigenvalue weighted by atomic mass is 9.85. The van der Waals surface area contributed by atoms with Crippen LogP contribution >= 0.6 is 22.6 Å². The monoisotopic (exact) mass is 630 g/mol. The zero-order valence-corrected chi connectivity index (χ0v) is 23.8. The minimum absolute atomic E-state index is 0.00598. The van der Waals surface area contributed by atoms with Gasteiger partial charge in [0, 0.05) is 31.0 Å². The molecule has 1 aromatic carbocycles. The smallest absolute Gasteiger partial charge is 0.247 e. The molecule has 10 heteroatoms. The average molecular weight is 631 g/mol. The molecule has 0 aliphatic heterocycles. The van der Waals surface area contributed by atoms with Gasteiger partial charge in [0.25, 0.3) is 0 Å². The minimum atomic E-state index is -1.07. The first kappa shape index (κ1) is 29.7. The molecule has 0 heterocycles. The van der Waals surface area contributed by atoms with Gasteiger partial charge in [0.15, 0.2) is 11.5 Å². The molecule has 3 rings (SSSR count). The normalized spacial score (nSPS) is 22.2. The van der Waals surface area contributed by atoms with E-state index in [-0.39, 0.29) is 44.0 Å². The van der Waals surface area contributed by atoms with Crippen molar-refractivity contribution in [1.29, 1.82) is 0 Å². The highest BCUT2D eigenvalue weighted by atomic mass is 127. The number of carbonyl (C=O) groups is 2. The predicted molar refractivity (Wildman–Crippen MR) is 147 cm³/mol. The number of benzene rings is 1. The largest absolute Gasteiger partial charge is 0.493 e. The highest BCUT2D eigenvalue weighted by molar-refractivity contribution is 14.1. The van der Waals surface area contributed by atoms with E-state index in [9.17, 15) is 24.9 Å². The van der Waals surface area contributed by atoms with Crippen LogP contribution in [-0.4, -0.2) is 76.6 Å². The molecule has 0 unspecified atom stereocenters. The fourth-order valence-electron chi connectivity index (χ4n) is 5.22. The molecule has 1 aromatic rings. The molecule has 2 aliphatic carbocycles. The molecular formula is C27H39IN2O7. The Balaban J connectivity index is 2.01. The number of hydrogen-bond donors (Lipinski definition) is 4. The Morgan fingerprint density at radius 3 is 2.54 bits per heavy atom. The topological polar surface area (TPSA) is 129 Å². The van der Waals surface area contributed by atoms with Crippen molar-refractivity contribution in [2.75, 3.05) is 20.3 Å². The average Bonchev–Trinajstić information content (AvgIpc) is 2.90. The fraction of sp³-hybridized carbons (Fsp3) is 0.630. The van der Waals surface area contributed by atoms with Crippen molar-refractivity contribution < 1.29 is 34.4 Å². The van der Waals surface area contributed by atoms with E-state index >= 15 is 0 Å². The number of ether oxygens (including phenoxy) is 2. The molecule has 9 nitrogen and oxygen atoms in total. The van der Waals surface area contributed by atoms with Gasteiger partial charge in [0.2, 0.25) is 11.8 Å². The van der Waals surface area contributed by atoms with Gasteiger partial charge < -0.3 is 35.0 Å². The maximum atomic E-state index is 13.4. The number of aliphatic hydroxyl groups is 3. The molecule has 1 fully saturated rings. The zero-order chi connectivity index (χ0) is 26.9. The van der Waals surface area contributed by atoms with Gasteiger partial charge in [-0.05, 0) is 65.6 Å². The molecule has 0 spiro atoms. The Morgan fingerprint density at radius 2 is 1.92 bits per heavy atom. The second-order valence-corrected chi connectivity index (χ2v) is 10.8. The molecule has 0 aromatic heterocycles. The zero-order valence-electron chi connectivity index (χ0n) is 21.6. The summed E-state index contributed by atoms with van der Waals surface area (Å²) in [4.78, 5) is 28.2. The summed E-state index contributed by atoms with van der Waals surface area (Å²) in [7, 11) is 1.50. The lowest BCUT2D eigenvalue weighted by molar-refractivity contribution is -0.143. The number of nitrogens with zero attached hydrogens (tertiary/aromatic N) is 1. The van der Waals surface area contributed by atoms with Gasteiger partial charge in [-0.25, -0.2) is 0 Å². The Morgan fingerprint density at radius 1 is 1.19 bits per heavy atom. The third-order valence-electron chi connectivity index (χ3n) is 7.02. The Labute approximate surface area is 232 Å². The molecule has 206 valence electrons. The highest BCUT2D eigenvalue weighted by Gasteiger charge is 2.43. The summed E-state index contributed by atoms with van der Waals surface area (Å²) in [5, 5.41) is 33.1. The second-order valence-electron chi connectivity index (χ2n) is 9.63. The summed E-state index contributed by atoms with van der Waals surface area (Å²) in [5.41, 5.74) is 1.06. The van der Waals surface area contributed by atoms with Gasteiger partial charge in [-0.1, -0.05) is 26.2 Å². The highest BCUT2D eigenvalue weighted by Crippen LogP contribution is 2.38. The summed E-state index contributed by atoms with van der Waals surface area (Å²) in [5.74, 6) is 0.411. The lowest BCUT2D eigenvalue weighted by Crippen LogP contribution is -2.58. The van der Waals surface area contributed by atoms with E-state index in [1.54, 1.807) is 18.2 Å². The molecule has 0 radical (unpaired) electrons. The van der Waals surface area contributed by atoms with Crippen molar-refractivity contribution in [2.24, 2.45) is 0 Å². The third-order valence-corrected chi connectivity index (χ3v) is 7.82. The first-order valence-corrected chi connectivity index (χ1v) is 14.1. The van der Waals surface area contributed by atoms with Crippen LogP contribution in [-0.2, 0) is 16.2 Å². The number of nitrogens with one attached hydrogen (secondary N) is 1. The Bertz CT molecular complexity index is 964. The first-order valence-electron chi connectivity index (χ1n) is 13.1. The predicted octanol–water partition coefficient (Wildman–Crippen LogP) is 2.67. The van der Waals surface area contributed by atoms with E-state index in [1.165, 1.54) is 7.11 Å². The van der Waals surface area contributed by atoms with Crippen LogP contribution < -0.4 is 14.8 Å². The Kier molecular flexibility index (Phi) is 11.5. The van der Waals surface area contributed by atoms with Crippen molar-refractivity contribution in [3.8, 4) is 11.5 Å². The van der Waals surface area contributed by atoms with Crippen molar-refractivity contribution in [2.45, 2.75) is 89.2 Å². The molecule has 3 atom stereocenters. The third kappa shape index (κ3) is 7.36. The van der Waals surface area contributed by atoms with Gasteiger partial charge in [-0.2, -0.15) is 0 Å². The van der Waals surface area contributed by atoms with E-state index < -0.39 is 18.2 Å². The number of hydrogen-bond acceptors (Lipinski definition) is 7. The summed E-state index contributed by atoms with van der Waals surface area (Å²) in [6.07, 6.45) is 5.78. The van der Waals surface area contributed by atoms with Gasteiger partial charge in [-0.15, -0.1) is 0 Å². The number of methoxy groups -OCH3 is 1. The summed E-state index contributed by atoms with van der Waals surface area (Å²) in [6.45, 7) is 1.70. The number of amides is 2. The van der Waals surface area contributed by atoms with E-state index in [1.807, 2.05) is 11.8 Å². The van der Waals surface area contributed by atoms with E-state index in [2.05, 4.69) is 27.9 Å². The molecule has 2 amide bonds. The molecular weight excluding hydrogens is 591 g/mol. The van der Waals surface area contributed by atoms with Gasteiger partial charge in [0.1, 0.15) is 12.2 Å². The molecule has 37 heavy (non-hydrogen) atoms. The van der Waals surface area contributed by atoms with Crippen LogP contribution in [0.25, 0.3) is 0 Å². The van der Waals surface area contributed by atoms with Crippen LogP contribution in [0.1, 0.15) is 63.9 Å². The van der Waals surface area contributed by atoms with Gasteiger partial charge in [-0.3, -0.25) is 9.59 Å². The van der Waals surface area contributed by atoms with Crippen LogP contribution in [0.15, 0.2) is 23.8 Å². The van der Waals surface area contributed by atoms with Crippen LogP contribution in [0.2, 0.25) is 0 Å². The standard InChI is InChI=1S/C27H39IN2O7/c1-3-7-24(33)30(19-8-5-4-6-9-19)21-14-18(27(35)29-10-11-31)15-22(25(21)34)37-26-20(28)12-17(16-32)13-23(26)36-2/h12-13,15,19,21-22,25,31-32,34H,3-11,14,16H2,1-2H3,(H,29,35)/t21-,22+,25+/m1/s1.